The van der Waals surface area contributed by atoms with Gasteiger partial charge in [0.2, 0.25) is 0 Å². The van der Waals surface area contributed by atoms with Crippen molar-refractivity contribution in [2.24, 2.45) is 0 Å². The Bertz CT molecular complexity index is 627. The second-order valence-corrected chi connectivity index (χ2v) is 5.48. The van der Waals surface area contributed by atoms with Gasteiger partial charge in [-0.3, -0.25) is 5.32 Å². The fourth-order valence-electron chi connectivity index (χ4n) is 2.89. The van der Waals surface area contributed by atoms with Gasteiger partial charge in [-0.1, -0.05) is 54.6 Å². The molecule has 100 valence electrons. The predicted octanol–water partition coefficient (Wildman–Crippen LogP) is 3.23. The molecule has 2 aromatic rings. The molecule has 1 aliphatic rings. The van der Waals surface area contributed by atoms with E-state index in [1.165, 1.54) is 16.7 Å². The Labute approximate surface area is 120 Å². The van der Waals surface area contributed by atoms with Crippen molar-refractivity contribution in [2.75, 3.05) is 0 Å². The monoisotopic (exact) mass is 262 g/mol. The zero-order chi connectivity index (χ0) is 13.8. The third-order valence-electron chi connectivity index (χ3n) is 4.12. The van der Waals surface area contributed by atoms with Crippen LogP contribution in [0, 0.1) is 11.3 Å². The minimum absolute atomic E-state index is 0.426. The molecule has 0 saturated carbocycles. The van der Waals surface area contributed by atoms with E-state index in [-0.39, 0.29) is 0 Å². The van der Waals surface area contributed by atoms with Gasteiger partial charge < -0.3 is 0 Å². The highest BCUT2D eigenvalue weighted by Gasteiger charge is 2.33. The van der Waals surface area contributed by atoms with Gasteiger partial charge in [-0.25, -0.2) is 0 Å². The quantitative estimate of drug-likeness (QED) is 0.921. The van der Waals surface area contributed by atoms with Gasteiger partial charge in [0.05, 0.1) is 6.07 Å². The van der Waals surface area contributed by atoms with Crippen molar-refractivity contribution in [1.82, 2.24) is 5.32 Å². The van der Waals surface area contributed by atoms with Crippen LogP contribution >= 0.6 is 0 Å². The molecule has 0 heterocycles. The van der Waals surface area contributed by atoms with Crippen molar-refractivity contribution in [3.05, 3.63) is 71.3 Å². The SMILES string of the molecule is N#C[C@@]1(NCc2ccccc2)CCc2ccccc2C1. The zero-order valence-electron chi connectivity index (χ0n) is 11.5. The Kier molecular flexibility index (Phi) is 3.54. The van der Waals surface area contributed by atoms with E-state index in [1.54, 1.807) is 0 Å². The van der Waals surface area contributed by atoms with Crippen LogP contribution in [0.25, 0.3) is 0 Å². The van der Waals surface area contributed by atoms with Crippen molar-refractivity contribution in [3.8, 4) is 6.07 Å². The molecule has 0 spiro atoms. The smallest absolute Gasteiger partial charge is 0.111 e. The summed E-state index contributed by atoms with van der Waals surface area (Å²) in [7, 11) is 0. The summed E-state index contributed by atoms with van der Waals surface area (Å²) in [6, 6.07) is 21.2. The maximum atomic E-state index is 9.63. The van der Waals surface area contributed by atoms with Crippen molar-refractivity contribution in [2.45, 2.75) is 31.3 Å². The van der Waals surface area contributed by atoms with Crippen molar-refractivity contribution < 1.29 is 0 Å². The third-order valence-corrected chi connectivity index (χ3v) is 4.12. The zero-order valence-corrected chi connectivity index (χ0v) is 11.5. The minimum Gasteiger partial charge on any atom is -0.295 e. The number of nitrogens with one attached hydrogen (secondary N) is 1. The molecular formula is C18H18N2. The molecule has 0 radical (unpaired) electrons. The standard InChI is InChI=1S/C18H18N2/c19-14-18(20-13-15-6-2-1-3-7-15)11-10-16-8-4-5-9-17(16)12-18/h1-9,20H,10-13H2/t18-/m1/s1. The van der Waals surface area contributed by atoms with Crippen LogP contribution in [0.1, 0.15) is 23.1 Å². The molecule has 0 unspecified atom stereocenters. The molecule has 3 rings (SSSR count). The Morgan fingerprint density at radius 1 is 1.00 bits per heavy atom. The number of aryl methyl sites for hydroxylation is 1. The molecule has 0 fully saturated rings. The fourth-order valence-corrected chi connectivity index (χ4v) is 2.89. The van der Waals surface area contributed by atoms with Crippen LogP contribution in [0.15, 0.2) is 54.6 Å². The van der Waals surface area contributed by atoms with Crippen LogP contribution in [0.2, 0.25) is 0 Å². The molecule has 2 heteroatoms. The number of hydrogen-bond acceptors (Lipinski definition) is 2. The molecule has 20 heavy (non-hydrogen) atoms. The van der Waals surface area contributed by atoms with Gasteiger partial charge in [0.25, 0.3) is 0 Å². The second-order valence-electron chi connectivity index (χ2n) is 5.48. The van der Waals surface area contributed by atoms with E-state index in [4.69, 9.17) is 0 Å². The minimum atomic E-state index is -0.426. The topological polar surface area (TPSA) is 35.8 Å². The molecule has 0 aliphatic heterocycles. The fraction of sp³-hybridized carbons (Fsp3) is 0.278. The molecule has 0 aromatic heterocycles. The highest BCUT2D eigenvalue weighted by atomic mass is 15.0. The average molecular weight is 262 g/mol. The van der Waals surface area contributed by atoms with Gasteiger partial charge in [0, 0.05) is 13.0 Å². The largest absolute Gasteiger partial charge is 0.295 e. The molecule has 0 bridgehead atoms. The summed E-state index contributed by atoms with van der Waals surface area (Å²) in [5, 5.41) is 13.1. The van der Waals surface area contributed by atoms with Crippen LogP contribution in [-0.2, 0) is 19.4 Å². The molecule has 0 amide bonds. The summed E-state index contributed by atoms with van der Waals surface area (Å²) in [5.74, 6) is 0. The molecule has 0 saturated heterocycles. The lowest BCUT2D eigenvalue weighted by Crippen LogP contribution is -2.47. The summed E-state index contributed by atoms with van der Waals surface area (Å²) >= 11 is 0. The number of fused-ring (bicyclic) bond motifs is 1. The van der Waals surface area contributed by atoms with Gasteiger partial charge >= 0.3 is 0 Å². The van der Waals surface area contributed by atoms with E-state index >= 15 is 0 Å². The Morgan fingerprint density at radius 3 is 2.45 bits per heavy atom. The van der Waals surface area contributed by atoms with Crippen LogP contribution < -0.4 is 5.32 Å². The van der Waals surface area contributed by atoms with Gasteiger partial charge in [0.1, 0.15) is 5.54 Å². The maximum absolute atomic E-state index is 9.63. The van der Waals surface area contributed by atoms with E-state index in [0.29, 0.717) is 0 Å². The molecule has 2 aromatic carbocycles. The van der Waals surface area contributed by atoms with Gasteiger partial charge in [0.15, 0.2) is 0 Å². The van der Waals surface area contributed by atoms with Crippen LogP contribution in [0.5, 0.6) is 0 Å². The number of nitriles is 1. The molecular weight excluding hydrogens is 244 g/mol. The highest BCUT2D eigenvalue weighted by Crippen LogP contribution is 2.28. The lowest BCUT2D eigenvalue weighted by atomic mass is 9.79. The molecule has 1 N–H and O–H groups in total. The highest BCUT2D eigenvalue weighted by molar-refractivity contribution is 5.35. The number of benzene rings is 2. The second kappa shape index (κ2) is 5.48. The molecule has 2 nitrogen and oxygen atoms in total. The van der Waals surface area contributed by atoms with Crippen LogP contribution in [0.3, 0.4) is 0 Å². The van der Waals surface area contributed by atoms with Crippen molar-refractivity contribution >= 4 is 0 Å². The summed E-state index contributed by atoms with van der Waals surface area (Å²) in [4.78, 5) is 0. The Hall–Kier alpha value is -2.11. The predicted molar refractivity (Wildman–Crippen MR) is 80.1 cm³/mol. The van der Waals surface area contributed by atoms with Crippen LogP contribution in [0.4, 0.5) is 0 Å². The Morgan fingerprint density at radius 2 is 1.70 bits per heavy atom. The van der Waals surface area contributed by atoms with E-state index in [1.807, 2.05) is 18.2 Å². The van der Waals surface area contributed by atoms with Crippen LogP contribution in [-0.4, -0.2) is 5.54 Å². The first-order valence-electron chi connectivity index (χ1n) is 7.08. The number of hydrogen-bond donors (Lipinski definition) is 1. The summed E-state index contributed by atoms with van der Waals surface area (Å²) in [5.41, 5.74) is 3.49. The summed E-state index contributed by atoms with van der Waals surface area (Å²) in [6.07, 6.45) is 2.66. The first-order chi connectivity index (χ1) is 9.81. The summed E-state index contributed by atoms with van der Waals surface area (Å²) in [6.45, 7) is 0.747. The van der Waals surface area contributed by atoms with Gasteiger partial charge in [-0.2, -0.15) is 5.26 Å². The average Bonchev–Trinajstić information content (AvgIpc) is 2.54. The van der Waals surface area contributed by atoms with Gasteiger partial charge in [-0.15, -0.1) is 0 Å². The normalized spacial score (nSPS) is 20.9. The first-order valence-corrected chi connectivity index (χ1v) is 7.08. The van der Waals surface area contributed by atoms with Gasteiger partial charge in [-0.05, 0) is 29.5 Å². The summed E-state index contributed by atoms with van der Waals surface area (Å²) < 4.78 is 0. The van der Waals surface area contributed by atoms with E-state index in [0.717, 1.165) is 25.8 Å². The first kappa shape index (κ1) is 12.9. The van der Waals surface area contributed by atoms with Crippen molar-refractivity contribution in [3.63, 3.8) is 0 Å². The Balaban J connectivity index is 1.75. The number of rotatable bonds is 3. The number of nitrogens with zero attached hydrogens (tertiary/aromatic N) is 1. The van der Waals surface area contributed by atoms with E-state index in [9.17, 15) is 5.26 Å². The lowest BCUT2D eigenvalue weighted by molar-refractivity contribution is 0.364. The maximum Gasteiger partial charge on any atom is 0.111 e. The lowest BCUT2D eigenvalue weighted by Gasteiger charge is -2.33. The van der Waals surface area contributed by atoms with E-state index < -0.39 is 5.54 Å². The van der Waals surface area contributed by atoms with E-state index in [2.05, 4.69) is 47.8 Å². The molecule has 1 aliphatic carbocycles. The molecule has 1 atom stereocenters. The third kappa shape index (κ3) is 2.59. The van der Waals surface area contributed by atoms with Crippen molar-refractivity contribution in [1.29, 1.82) is 5.26 Å².